The zero-order valence-electron chi connectivity index (χ0n) is 13.9. The minimum absolute atomic E-state index is 0.122. The minimum Gasteiger partial charge on any atom is -0.478 e. The van der Waals surface area contributed by atoms with Gasteiger partial charge in [-0.1, -0.05) is 13.8 Å². The van der Waals surface area contributed by atoms with Gasteiger partial charge in [-0.15, -0.1) is 0 Å². The lowest BCUT2D eigenvalue weighted by molar-refractivity contribution is -0.142. The number of aromatic carboxylic acids is 1. The van der Waals surface area contributed by atoms with Gasteiger partial charge in [0.15, 0.2) is 0 Å². The van der Waals surface area contributed by atoms with E-state index >= 15 is 0 Å². The molecule has 0 aliphatic carbocycles. The smallest absolute Gasteiger partial charge is 0.339 e. The van der Waals surface area contributed by atoms with Gasteiger partial charge in [-0.05, 0) is 32.3 Å². The minimum atomic E-state index is -1.04. The number of carboxylic acids is 1. The van der Waals surface area contributed by atoms with Gasteiger partial charge in [0.1, 0.15) is 23.2 Å². The number of nitrogens with zero attached hydrogens (tertiary/aromatic N) is 1. The van der Waals surface area contributed by atoms with Crippen molar-refractivity contribution in [3.8, 4) is 0 Å². The molecule has 0 fully saturated rings. The Morgan fingerprint density at radius 2 is 2.00 bits per heavy atom. The number of rotatable bonds is 8. The van der Waals surface area contributed by atoms with Crippen molar-refractivity contribution in [3.05, 3.63) is 23.2 Å². The summed E-state index contributed by atoms with van der Waals surface area (Å²) in [5.74, 6) is 0.117. The number of carboxylic acid groups (broad SMARTS) is 1. The van der Waals surface area contributed by atoms with Gasteiger partial charge in [-0.2, -0.15) is 0 Å². The molecule has 0 radical (unpaired) electrons. The second kappa shape index (κ2) is 7.98. The zero-order valence-corrected chi connectivity index (χ0v) is 13.9. The van der Waals surface area contributed by atoms with Crippen molar-refractivity contribution in [2.75, 3.05) is 13.7 Å². The molecule has 0 saturated heterocycles. The number of amides is 1. The fourth-order valence-electron chi connectivity index (χ4n) is 2.01. The largest absolute Gasteiger partial charge is 0.478 e. The third-order valence-electron chi connectivity index (χ3n) is 3.38. The Morgan fingerprint density at radius 1 is 1.36 bits per heavy atom. The number of ether oxygens (including phenoxy) is 1. The van der Waals surface area contributed by atoms with E-state index in [1.807, 2.05) is 0 Å². The van der Waals surface area contributed by atoms with Crippen molar-refractivity contribution in [3.63, 3.8) is 0 Å². The summed E-state index contributed by atoms with van der Waals surface area (Å²) >= 11 is 0. The normalized spacial score (nSPS) is 12.5. The molecule has 1 unspecified atom stereocenters. The van der Waals surface area contributed by atoms with Crippen LogP contribution in [-0.2, 0) is 16.1 Å². The first-order valence-electron chi connectivity index (χ1n) is 7.41. The van der Waals surface area contributed by atoms with Crippen molar-refractivity contribution in [2.24, 2.45) is 5.92 Å². The van der Waals surface area contributed by atoms with Gasteiger partial charge in [0.05, 0.1) is 6.54 Å². The molecule has 1 amide bonds. The van der Waals surface area contributed by atoms with Crippen LogP contribution in [0.25, 0.3) is 0 Å². The molecule has 22 heavy (non-hydrogen) atoms. The Bertz CT molecular complexity index is 521. The van der Waals surface area contributed by atoms with Crippen molar-refractivity contribution in [1.82, 2.24) is 4.90 Å². The van der Waals surface area contributed by atoms with Crippen LogP contribution in [-0.4, -0.2) is 41.6 Å². The number of aryl methyl sites for hydroxylation is 1. The van der Waals surface area contributed by atoms with Crippen molar-refractivity contribution in [1.29, 1.82) is 0 Å². The van der Waals surface area contributed by atoms with Crippen molar-refractivity contribution >= 4 is 11.9 Å². The maximum absolute atomic E-state index is 12.2. The average Bonchev–Trinajstić information content (AvgIpc) is 2.78. The Balaban J connectivity index is 2.56. The van der Waals surface area contributed by atoms with E-state index in [2.05, 4.69) is 13.8 Å². The fourth-order valence-corrected chi connectivity index (χ4v) is 2.01. The standard InChI is InChI=1S/C16H25NO5/c1-10(2)6-7-21-12(4)15(18)17(5)9-13-8-14(16(19)20)11(3)22-13/h8,10,12H,6-7,9H2,1-5H3,(H,19,20). The maximum atomic E-state index is 12.2. The lowest BCUT2D eigenvalue weighted by atomic mass is 10.1. The second-order valence-corrected chi connectivity index (χ2v) is 5.88. The highest BCUT2D eigenvalue weighted by atomic mass is 16.5. The van der Waals surface area contributed by atoms with E-state index in [9.17, 15) is 9.59 Å². The Morgan fingerprint density at radius 3 is 2.50 bits per heavy atom. The van der Waals surface area contributed by atoms with Gasteiger partial charge in [0, 0.05) is 13.7 Å². The van der Waals surface area contributed by atoms with Crippen LogP contribution in [0.5, 0.6) is 0 Å². The summed E-state index contributed by atoms with van der Waals surface area (Å²) in [5, 5.41) is 8.99. The number of hydrogen-bond donors (Lipinski definition) is 1. The number of likely N-dealkylation sites (N-methyl/N-ethyl adjacent to an activating group) is 1. The summed E-state index contributed by atoms with van der Waals surface area (Å²) < 4.78 is 10.9. The number of hydrogen-bond acceptors (Lipinski definition) is 4. The summed E-state index contributed by atoms with van der Waals surface area (Å²) in [6.45, 7) is 8.26. The first-order chi connectivity index (χ1) is 10.2. The van der Waals surface area contributed by atoms with Crippen LogP contribution in [0.15, 0.2) is 10.5 Å². The lowest BCUT2D eigenvalue weighted by Crippen LogP contribution is -2.36. The van der Waals surface area contributed by atoms with Crippen LogP contribution in [0.3, 0.4) is 0 Å². The molecular weight excluding hydrogens is 286 g/mol. The van der Waals surface area contributed by atoms with E-state index in [-0.39, 0.29) is 18.0 Å². The molecule has 124 valence electrons. The quantitative estimate of drug-likeness (QED) is 0.798. The van der Waals surface area contributed by atoms with Gasteiger partial charge in [-0.25, -0.2) is 4.79 Å². The van der Waals surface area contributed by atoms with Crippen LogP contribution >= 0.6 is 0 Å². The molecule has 0 saturated carbocycles. The Hall–Kier alpha value is -1.82. The van der Waals surface area contributed by atoms with E-state index in [0.29, 0.717) is 24.0 Å². The molecule has 1 aromatic rings. The predicted octanol–water partition coefficient (Wildman–Crippen LogP) is 2.70. The molecule has 6 nitrogen and oxygen atoms in total. The third-order valence-corrected chi connectivity index (χ3v) is 3.38. The first kappa shape index (κ1) is 18.2. The molecule has 1 aromatic heterocycles. The number of carbonyl (C=O) groups is 2. The summed E-state index contributed by atoms with van der Waals surface area (Å²) in [6.07, 6.45) is 0.375. The summed E-state index contributed by atoms with van der Waals surface area (Å²) in [4.78, 5) is 24.6. The predicted molar refractivity (Wildman–Crippen MR) is 81.7 cm³/mol. The van der Waals surface area contributed by atoms with Crippen molar-refractivity contribution < 1.29 is 23.8 Å². The highest BCUT2D eigenvalue weighted by Crippen LogP contribution is 2.16. The van der Waals surface area contributed by atoms with Gasteiger partial charge in [0.2, 0.25) is 0 Å². The molecule has 6 heteroatoms. The molecule has 0 aliphatic rings. The third kappa shape index (κ3) is 5.18. The Kier molecular flexibility index (Phi) is 6.61. The molecule has 1 heterocycles. The number of carbonyl (C=O) groups excluding carboxylic acids is 1. The van der Waals surface area contributed by atoms with Crippen LogP contribution in [0.4, 0.5) is 0 Å². The maximum Gasteiger partial charge on any atom is 0.339 e. The summed E-state index contributed by atoms with van der Waals surface area (Å²) in [5.41, 5.74) is 0.122. The first-order valence-corrected chi connectivity index (χ1v) is 7.41. The molecule has 0 spiro atoms. The van der Waals surface area contributed by atoms with Crippen LogP contribution in [0, 0.1) is 12.8 Å². The van der Waals surface area contributed by atoms with Gasteiger partial charge in [0.25, 0.3) is 5.91 Å². The summed E-state index contributed by atoms with van der Waals surface area (Å²) in [7, 11) is 1.64. The highest BCUT2D eigenvalue weighted by molar-refractivity contribution is 5.88. The lowest BCUT2D eigenvalue weighted by Gasteiger charge is -2.21. The SMILES string of the molecule is Cc1oc(CN(C)C(=O)C(C)OCCC(C)C)cc1C(=O)O. The van der Waals surface area contributed by atoms with Crippen LogP contribution < -0.4 is 0 Å². The molecule has 0 aromatic carbocycles. The molecule has 1 rings (SSSR count). The number of furan rings is 1. The highest BCUT2D eigenvalue weighted by Gasteiger charge is 2.21. The topological polar surface area (TPSA) is 80.0 Å². The van der Waals surface area contributed by atoms with Crippen LogP contribution in [0.2, 0.25) is 0 Å². The molecule has 0 aliphatic heterocycles. The Labute approximate surface area is 131 Å². The zero-order chi connectivity index (χ0) is 16.9. The fraction of sp³-hybridized carbons (Fsp3) is 0.625. The van der Waals surface area contributed by atoms with Gasteiger partial charge < -0.3 is 19.2 Å². The van der Waals surface area contributed by atoms with E-state index in [4.69, 9.17) is 14.3 Å². The second-order valence-electron chi connectivity index (χ2n) is 5.88. The van der Waals surface area contributed by atoms with Gasteiger partial charge >= 0.3 is 5.97 Å². The van der Waals surface area contributed by atoms with E-state index in [1.165, 1.54) is 11.0 Å². The van der Waals surface area contributed by atoms with Gasteiger partial charge in [-0.3, -0.25) is 4.79 Å². The van der Waals surface area contributed by atoms with E-state index < -0.39 is 12.1 Å². The molecule has 1 atom stereocenters. The molecule has 0 bridgehead atoms. The van der Waals surface area contributed by atoms with Crippen molar-refractivity contribution in [2.45, 2.75) is 46.8 Å². The van der Waals surface area contributed by atoms with Crippen LogP contribution in [0.1, 0.15) is 49.1 Å². The van der Waals surface area contributed by atoms with E-state index in [1.54, 1.807) is 20.9 Å². The average molecular weight is 311 g/mol. The molecule has 1 N–H and O–H groups in total. The monoisotopic (exact) mass is 311 g/mol. The summed E-state index contributed by atoms with van der Waals surface area (Å²) in [6, 6.07) is 1.45. The molecular formula is C16H25NO5. The van der Waals surface area contributed by atoms with E-state index in [0.717, 1.165) is 6.42 Å².